The number of nitrogens with one attached hydrogen (secondary N) is 2. The van der Waals surface area contributed by atoms with Gasteiger partial charge in [0.15, 0.2) is 0 Å². The van der Waals surface area contributed by atoms with Crippen LogP contribution in [0.2, 0.25) is 0 Å². The first-order valence-corrected chi connectivity index (χ1v) is 9.08. The molecule has 146 valence electrons. The highest BCUT2D eigenvalue weighted by atomic mass is 32.1. The number of aryl methyl sites for hydroxylation is 1. The fraction of sp³-hybridized carbons (Fsp3) is 0.158. The van der Waals surface area contributed by atoms with Gasteiger partial charge in [-0.2, -0.15) is 13.2 Å². The van der Waals surface area contributed by atoms with Crippen molar-refractivity contribution in [3.63, 3.8) is 0 Å². The van der Waals surface area contributed by atoms with E-state index in [4.69, 9.17) is 5.84 Å². The second-order valence-electron chi connectivity index (χ2n) is 6.06. The highest BCUT2D eigenvalue weighted by Gasteiger charge is 2.30. The fourth-order valence-electron chi connectivity index (χ4n) is 2.62. The molecule has 0 aliphatic carbocycles. The molecule has 0 fully saturated rings. The number of thiophene rings is 1. The zero-order valence-corrected chi connectivity index (χ0v) is 15.3. The zero-order chi connectivity index (χ0) is 20.3. The van der Waals surface area contributed by atoms with Crippen molar-refractivity contribution in [2.24, 2.45) is 5.84 Å². The van der Waals surface area contributed by atoms with Gasteiger partial charge >= 0.3 is 6.18 Å². The van der Waals surface area contributed by atoms with Crippen LogP contribution in [0.5, 0.6) is 0 Å². The summed E-state index contributed by atoms with van der Waals surface area (Å²) in [6.07, 6.45) is -3.61. The van der Waals surface area contributed by atoms with E-state index < -0.39 is 17.6 Å². The quantitative estimate of drug-likeness (QED) is 0.338. The monoisotopic (exact) mass is 407 g/mol. The molecular weight excluding hydrogens is 391 g/mol. The molecule has 9 heteroatoms. The lowest BCUT2D eigenvalue weighted by molar-refractivity contribution is -0.137. The molecule has 0 saturated carbocycles. The highest BCUT2D eigenvalue weighted by Crippen LogP contribution is 2.30. The molecule has 4 N–H and O–H groups in total. The summed E-state index contributed by atoms with van der Waals surface area (Å²) in [4.78, 5) is 24.5. The third-order valence-corrected chi connectivity index (χ3v) is 5.23. The molecule has 2 amide bonds. The molecule has 0 spiro atoms. The van der Waals surface area contributed by atoms with Crippen molar-refractivity contribution in [3.8, 4) is 0 Å². The number of benzene rings is 2. The van der Waals surface area contributed by atoms with Crippen molar-refractivity contribution in [1.82, 2.24) is 5.43 Å². The number of carbonyl (C=O) groups excluding carboxylic acids is 2. The van der Waals surface area contributed by atoms with Gasteiger partial charge in [0.05, 0.1) is 5.56 Å². The minimum atomic E-state index is -4.44. The van der Waals surface area contributed by atoms with Gasteiger partial charge in [0.25, 0.3) is 5.91 Å². The summed E-state index contributed by atoms with van der Waals surface area (Å²) >= 11 is 1.54. The molecule has 0 radical (unpaired) electrons. The molecule has 3 rings (SSSR count). The Balaban J connectivity index is 1.71. The van der Waals surface area contributed by atoms with Crippen LogP contribution in [0.4, 0.5) is 18.9 Å². The number of hydrazine groups is 1. The number of carbonyl (C=O) groups is 2. The van der Waals surface area contributed by atoms with Gasteiger partial charge in [0.1, 0.15) is 0 Å². The summed E-state index contributed by atoms with van der Waals surface area (Å²) in [6.45, 7) is 0. The topological polar surface area (TPSA) is 84.2 Å². The Morgan fingerprint density at radius 2 is 1.75 bits per heavy atom. The summed E-state index contributed by atoms with van der Waals surface area (Å²) in [5, 5.41) is 3.58. The average molecular weight is 407 g/mol. The maximum Gasteiger partial charge on any atom is 0.416 e. The van der Waals surface area contributed by atoms with Crippen molar-refractivity contribution < 1.29 is 22.8 Å². The summed E-state index contributed by atoms with van der Waals surface area (Å²) in [5.74, 6) is 4.32. The van der Waals surface area contributed by atoms with Crippen LogP contribution in [0.1, 0.15) is 27.2 Å². The van der Waals surface area contributed by atoms with E-state index in [0.29, 0.717) is 12.1 Å². The molecule has 2 aromatic carbocycles. The number of alkyl halides is 3. The maximum absolute atomic E-state index is 12.6. The van der Waals surface area contributed by atoms with Gasteiger partial charge in [-0.25, -0.2) is 5.84 Å². The fourth-order valence-corrected chi connectivity index (χ4v) is 3.67. The van der Waals surface area contributed by atoms with Gasteiger partial charge in [0, 0.05) is 27.2 Å². The summed E-state index contributed by atoms with van der Waals surface area (Å²) in [7, 11) is 0. The summed E-state index contributed by atoms with van der Waals surface area (Å²) in [5.41, 5.74) is 1.94. The van der Waals surface area contributed by atoms with E-state index in [1.54, 1.807) is 12.1 Å². The summed E-state index contributed by atoms with van der Waals surface area (Å²) in [6, 6.07) is 11.3. The Bertz CT molecular complexity index is 1010. The summed E-state index contributed by atoms with van der Waals surface area (Å²) < 4.78 is 38.8. The maximum atomic E-state index is 12.6. The number of halogens is 3. The largest absolute Gasteiger partial charge is 0.416 e. The molecule has 0 unspecified atom stereocenters. The van der Waals surface area contributed by atoms with Crippen LogP contribution in [0.3, 0.4) is 0 Å². The van der Waals surface area contributed by atoms with E-state index in [-0.39, 0.29) is 17.9 Å². The molecule has 28 heavy (non-hydrogen) atoms. The Hall–Kier alpha value is -2.91. The Morgan fingerprint density at radius 3 is 2.39 bits per heavy atom. The van der Waals surface area contributed by atoms with Crippen LogP contribution < -0.4 is 16.6 Å². The number of amides is 2. The Morgan fingerprint density at radius 1 is 1.04 bits per heavy atom. The van der Waals surface area contributed by atoms with Crippen molar-refractivity contribution in [1.29, 1.82) is 0 Å². The molecule has 5 nitrogen and oxygen atoms in total. The van der Waals surface area contributed by atoms with Gasteiger partial charge in [-0.15, -0.1) is 11.3 Å². The van der Waals surface area contributed by atoms with Gasteiger partial charge in [-0.05, 0) is 60.3 Å². The Kier molecular flexibility index (Phi) is 5.66. The average Bonchev–Trinajstić information content (AvgIpc) is 3.07. The van der Waals surface area contributed by atoms with Gasteiger partial charge in [-0.3, -0.25) is 15.0 Å². The van der Waals surface area contributed by atoms with Gasteiger partial charge < -0.3 is 5.32 Å². The van der Waals surface area contributed by atoms with E-state index in [9.17, 15) is 22.8 Å². The lowest BCUT2D eigenvalue weighted by Crippen LogP contribution is -2.29. The van der Waals surface area contributed by atoms with Crippen molar-refractivity contribution >= 4 is 38.9 Å². The molecular formula is C19H16F3N3O2S. The molecule has 0 aliphatic rings. The second kappa shape index (κ2) is 7.99. The van der Waals surface area contributed by atoms with Crippen LogP contribution in [-0.4, -0.2) is 11.8 Å². The van der Waals surface area contributed by atoms with E-state index in [0.717, 1.165) is 39.2 Å². The molecule has 1 aromatic heterocycles. The van der Waals surface area contributed by atoms with Crippen LogP contribution in [0.15, 0.2) is 48.5 Å². The first kappa shape index (κ1) is 19.8. The molecule has 0 saturated heterocycles. The van der Waals surface area contributed by atoms with Crippen LogP contribution in [0, 0.1) is 0 Å². The van der Waals surface area contributed by atoms with Gasteiger partial charge in [-0.1, -0.05) is 0 Å². The SMILES string of the molecule is NNC(=O)CCc1cc2cc(NC(=O)c3ccc(C(F)(F)F)cc3)ccc2s1. The Labute approximate surface area is 162 Å². The third kappa shape index (κ3) is 4.68. The van der Waals surface area contributed by atoms with E-state index in [2.05, 4.69) is 10.7 Å². The van der Waals surface area contributed by atoms with Crippen molar-refractivity contribution in [3.05, 3.63) is 64.5 Å². The lowest BCUT2D eigenvalue weighted by Gasteiger charge is -2.08. The molecule has 3 aromatic rings. The first-order valence-electron chi connectivity index (χ1n) is 8.27. The predicted octanol–water partition coefficient (Wildman–Crippen LogP) is 4.09. The van der Waals surface area contributed by atoms with Gasteiger partial charge in [0.2, 0.25) is 5.91 Å². The highest BCUT2D eigenvalue weighted by molar-refractivity contribution is 7.19. The van der Waals surface area contributed by atoms with E-state index in [1.165, 1.54) is 11.3 Å². The van der Waals surface area contributed by atoms with E-state index in [1.807, 2.05) is 12.1 Å². The molecule has 1 heterocycles. The van der Waals surface area contributed by atoms with Crippen molar-refractivity contribution in [2.75, 3.05) is 5.32 Å². The standard InChI is InChI=1S/C19H16F3N3O2S/c20-19(21,22)13-3-1-11(2-4-13)18(27)24-14-5-7-16-12(9-14)10-15(28-16)6-8-17(26)25-23/h1-5,7,9-10H,6,8,23H2,(H,24,27)(H,25,26). The molecule has 0 atom stereocenters. The smallest absolute Gasteiger partial charge is 0.322 e. The van der Waals surface area contributed by atoms with Crippen LogP contribution in [-0.2, 0) is 17.4 Å². The third-order valence-electron chi connectivity index (χ3n) is 4.06. The number of fused-ring (bicyclic) bond motifs is 1. The van der Waals surface area contributed by atoms with Crippen LogP contribution >= 0.6 is 11.3 Å². The lowest BCUT2D eigenvalue weighted by atomic mass is 10.1. The minimum absolute atomic E-state index is 0.131. The first-order chi connectivity index (χ1) is 13.3. The number of nitrogens with two attached hydrogens (primary N) is 1. The molecule has 0 aliphatic heterocycles. The molecule has 0 bridgehead atoms. The minimum Gasteiger partial charge on any atom is -0.322 e. The normalized spacial score (nSPS) is 11.4. The number of hydrogen-bond donors (Lipinski definition) is 3. The van der Waals surface area contributed by atoms with Crippen LogP contribution in [0.25, 0.3) is 10.1 Å². The number of anilines is 1. The predicted molar refractivity (Wildman–Crippen MR) is 102 cm³/mol. The number of hydrogen-bond acceptors (Lipinski definition) is 4. The van der Waals surface area contributed by atoms with Crippen molar-refractivity contribution in [2.45, 2.75) is 19.0 Å². The number of rotatable bonds is 5. The zero-order valence-electron chi connectivity index (χ0n) is 14.5. The van der Waals surface area contributed by atoms with E-state index >= 15 is 0 Å². The second-order valence-corrected chi connectivity index (χ2v) is 7.23.